The lowest BCUT2D eigenvalue weighted by Gasteiger charge is -2.16. The maximum absolute atomic E-state index is 10.7. The first-order chi connectivity index (χ1) is 14.9. The van der Waals surface area contributed by atoms with Crippen molar-refractivity contribution in [3.05, 3.63) is 46.3 Å². The Morgan fingerprint density at radius 1 is 1.23 bits per heavy atom. The lowest BCUT2D eigenvalue weighted by molar-refractivity contribution is -0.384. The first-order valence-electron chi connectivity index (χ1n) is 9.37. The fourth-order valence-electron chi connectivity index (χ4n) is 3.35. The number of nitro groups is 1. The fourth-order valence-corrected chi connectivity index (χ4v) is 3.35. The van der Waals surface area contributed by atoms with Crippen molar-refractivity contribution in [1.29, 1.82) is 0 Å². The average Bonchev–Trinajstić information content (AvgIpc) is 3.29. The van der Waals surface area contributed by atoms with Crippen LogP contribution in [0.4, 0.5) is 11.6 Å². The van der Waals surface area contributed by atoms with Crippen LogP contribution in [0.5, 0.6) is 5.88 Å². The zero-order valence-electron chi connectivity index (χ0n) is 16.1. The molecule has 0 saturated carbocycles. The molecule has 0 amide bonds. The zero-order chi connectivity index (χ0) is 22.1. The highest BCUT2D eigenvalue weighted by atomic mass is 16.6. The molecule has 1 fully saturated rings. The summed E-state index contributed by atoms with van der Waals surface area (Å²) in [6.45, 7) is -0.264. The molecule has 4 atom stereocenters. The summed E-state index contributed by atoms with van der Waals surface area (Å²) in [6.07, 6.45) is -2.75. The summed E-state index contributed by atoms with van der Waals surface area (Å²) in [4.78, 5) is 22.7. The smallest absolute Gasteiger partial charge is 0.269 e. The van der Waals surface area contributed by atoms with Gasteiger partial charge < -0.3 is 30.5 Å². The number of nitro benzene ring substituents is 1. The van der Waals surface area contributed by atoms with E-state index >= 15 is 0 Å². The van der Waals surface area contributed by atoms with E-state index in [1.54, 1.807) is 12.1 Å². The van der Waals surface area contributed by atoms with Gasteiger partial charge in [0.1, 0.15) is 18.3 Å². The molecule has 13 nitrogen and oxygen atoms in total. The summed E-state index contributed by atoms with van der Waals surface area (Å²) in [5.74, 6) is 0.0289. The summed E-state index contributed by atoms with van der Waals surface area (Å²) in [6, 6.07) is 6.11. The molecule has 1 aliphatic heterocycles. The van der Waals surface area contributed by atoms with Gasteiger partial charge in [-0.25, -0.2) is 4.98 Å². The third-order valence-electron chi connectivity index (χ3n) is 4.97. The van der Waals surface area contributed by atoms with E-state index in [1.165, 1.54) is 23.0 Å². The third-order valence-corrected chi connectivity index (χ3v) is 4.97. The van der Waals surface area contributed by atoms with Crippen LogP contribution in [-0.4, -0.2) is 71.3 Å². The van der Waals surface area contributed by atoms with Gasteiger partial charge >= 0.3 is 0 Å². The molecule has 4 rings (SSSR count). The van der Waals surface area contributed by atoms with E-state index in [0.29, 0.717) is 6.42 Å². The standard InChI is InChI=1S/C18H20N6O7/c19-18-21-15-12(20-8-23(15)17-14(27)13(26)11(7-25)31-17)16(22-18)30-6-5-9-1-3-10(4-2-9)24(28)29/h1-4,8,11,13-14,17,25-27H,5-7H2,(H2,19,21,22)/t11-,13-,14-,17-/m1/s1. The highest BCUT2D eigenvalue weighted by Gasteiger charge is 2.44. The van der Waals surface area contributed by atoms with Crippen LogP contribution in [0.2, 0.25) is 0 Å². The highest BCUT2D eigenvalue weighted by Crippen LogP contribution is 2.33. The van der Waals surface area contributed by atoms with Gasteiger partial charge in [0, 0.05) is 18.6 Å². The monoisotopic (exact) mass is 432 g/mol. The lowest BCUT2D eigenvalue weighted by Crippen LogP contribution is -2.33. The first-order valence-corrected chi connectivity index (χ1v) is 9.37. The van der Waals surface area contributed by atoms with Crippen molar-refractivity contribution < 1.29 is 29.7 Å². The van der Waals surface area contributed by atoms with E-state index < -0.39 is 36.1 Å². The number of fused-ring (bicyclic) bond motifs is 1. The van der Waals surface area contributed by atoms with Crippen LogP contribution < -0.4 is 10.5 Å². The van der Waals surface area contributed by atoms with Crippen molar-refractivity contribution >= 4 is 22.8 Å². The Balaban J connectivity index is 1.52. The van der Waals surface area contributed by atoms with E-state index in [2.05, 4.69) is 15.0 Å². The number of nitrogens with two attached hydrogens (primary N) is 1. The van der Waals surface area contributed by atoms with Crippen LogP contribution in [0.3, 0.4) is 0 Å². The molecule has 0 spiro atoms. The van der Waals surface area contributed by atoms with E-state index in [-0.39, 0.29) is 35.3 Å². The summed E-state index contributed by atoms with van der Waals surface area (Å²) in [7, 11) is 0. The van der Waals surface area contributed by atoms with Gasteiger partial charge in [0.05, 0.1) is 24.5 Å². The van der Waals surface area contributed by atoms with Gasteiger partial charge in [0.2, 0.25) is 11.8 Å². The number of non-ortho nitro benzene ring substituents is 1. The number of imidazole rings is 1. The van der Waals surface area contributed by atoms with Crippen molar-refractivity contribution in [1.82, 2.24) is 19.5 Å². The normalized spacial score (nSPS) is 23.3. The predicted octanol–water partition coefficient (Wildman–Crippen LogP) is -0.450. The number of benzene rings is 1. The van der Waals surface area contributed by atoms with E-state index in [4.69, 9.17) is 15.2 Å². The molecule has 5 N–H and O–H groups in total. The molecule has 1 aromatic carbocycles. The van der Waals surface area contributed by atoms with Gasteiger partial charge in [-0.1, -0.05) is 12.1 Å². The Labute approximate surface area is 174 Å². The molecule has 2 aromatic heterocycles. The minimum absolute atomic E-state index is 0.00497. The third kappa shape index (κ3) is 3.98. The van der Waals surface area contributed by atoms with Crippen LogP contribution in [0, 0.1) is 10.1 Å². The largest absolute Gasteiger partial charge is 0.476 e. The van der Waals surface area contributed by atoms with Gasteiger partial charge in [-0.2, -0.15) is 9.97 Å². The highest BCUT2D eigenvalue weighted by molar-refractivity contribution is 5.77. The van der Waals surface area contributed by atoms with Gasteiger partial charge in [0.25, 0.3) is 5.69 Å². The van der Waals surface area contributed by atoms with E-state index in [9.17, 15) is 25.4 Å². The number of rotatable bonds is 7. The van der Waals surface area contributed by atoms with E-state index in [1.807, 2.05) is 0 Å². The van der Waals surface area contributed by atoms with Crippen molar-refractivity contribution in [2.45, 2.75) is 31.0 Å². The molecular formula is C18H20N6O7. The first kappa shape index (κ1) is 20.9. The number of hydrogen-bond donors (Lipinski definition) is 4. The average molecular weight is 432 g/mol. The van der Waals surface area contributed by atoms with Crippen molar-refractivity contribution in [3.63, 3.8) is 0 Å². The zero-order valence-corrected chi connectivity index (χ0v) is 16.1. The van der Waals surface area contributed by atoms with E-state index in [0.717, 1.165) is 5.56 Å². The topological polar surface area (TPSA) is 192 Å². The van der Waals surface area contributed by atoms with Crippen molar-refractivity contribution in [2.24, 2.45) is 0 Å². The van der Waals surface area contributed by atoms with Gasteiger partial charge in [-0.05, 0) is 5.56 Å². The number of nitrogen functional groups attached to an aromatic ring is 1. The van der Waals surface area contributed by atoms with Gasteiger partial charge in [-0.15, -0.1) is 0 Å². The molecule has 31 heavy (non-hydrogen) atoms. The summed E-state index contributed by atoms with van der Waals surface area (Å²) in [5.41, 5.74) is 7.14. The number of aromatic nitrogens is 4. The molecule has 1 saturated heterocycles. The summed E-state index contributed by atoms with van der Waals surface area (Å²) in [5, 5.41) is 40.3. The molecule has 3 heterocycles. The summed E-state index contributed by atoms with van der Waals surface area (Å²) >= 11 is 0. The molecule has 1 aliphatic rings. The maximum atomic E-state index is 10.7. The number of aliphatic hydroxyl groups is 3. The summed E-state index contributed by atoms with van der Waals surface area (Å²) < 4.78 is 12.6. The SMILES string of the molecule is Nc1nc(OCCc2ccc([N+](=O)[O-])cc2)c2ncn([C@@H]3O[C@H](CO)[C@@H](O)[C@H]3O)c2n1. The Hall–Kier alpha value is -3.39. The van der Waals surface area contributed by atoms with Crippen LogP contribution in [0.25, 0.3) is 11.2 Å². The molecule has 13 heteroatoms. The Morgan fingerprint density at radius 3 is 2.61 bits per heavy atom. The number of anilines is 1. The van der Waals surface area contributed by atoms with Crippen LogP contribution in [-0.2, 0) is 11.2 Å². The molecule has 3 aromatic rings. The van der Waals surface area contributed by atoms with Gasteiger partial charge in [0.15, 0.2) is 17.4 Å². The minimum Gasteiger partial charge on any atom is -0.476 e. The maximum Gasteiger partial charge on any atom is 0.269 e. The quantitative estimate of drug-likeness (QED) is 0.279. The Morgan fingerprint density at radius 2 is 1.97 bits per heavy atom. The molecule has 0 unspecified atom stereocenters. The van der Waals surface area contributed by atoms with Crippen LogP contribution in [0.15, 0.2) is 30.6 Å². The fraction of sp³-hybridized carbons (Fsp3) is 0.389. The Kier molecular flexibility index (Phi) is 5.65. The molecule has 0 aliphatic carbocycles. The van der Waals surface area contributed by atoms with Crippen LogP contribution in [0.1, 0.15) is 11.8 Å². The molecule has 0 bridgehead atoms. The lowest BCUT2D eigenvalue weighted by atomic mass is 10.1. The number of aliphatic hydroxyl groups excluding tert-OH is 3. The second-order valence-corrected chi connectivity index (χ2v) is 6.96. The predicted molar refractivity (Wildman–Crippen MR) is 105 cm³/mol. The molecule has 0 radical (unpaired) electrons. The van der Waals surface area contributed by atoms with Crippen molar-refractivity contribution in [2.75, 3.05) is 18.9 Å². The second-order valence-electron chi connectivity index (χ2n) is 6.96. The second kappa shape index (κ2) is 8.39. The molecular weight excluding hydrogens is 412 g/mol. The van der Waals surface area contributed by atoms with Gasteiger partial charge in [-0.3, -0.25) is 14.7 Å². The minimum atomic E-state index is -1.31. The van der Waals surface area contributed by atoms with Crippen LogP contribution >= 0.6 is 0 Å². The van der Waals surface area contributed by atoms with Crippen molar-refractivity contribution in [3.8, 4) is 5.88 Å². The number of hydrogen-bond acceptors (Lipinski definition) is 11. The molecule has 164 valence electrons. The Bertz CT molecular complexity index is 1090. The number of nitrogens with zero attached hydrogens (tertiary/aromatic N) is 5. The number of ether oxygens (including phenoxy) is 2.